The largest absolute Gasteiger partial charge is 0.495 e. The van der Waals surface area contributed by atoms with Crippen LogP contribution >= 0.6 is 11.6 Å². The predicted octanol–water partition coefficient (Wildman–Crippen LogP) is 0.908. The summed E-state index contributed by atoms with van der Waals surface area (Å²) in [5.41, 5.74) is 0.695. The molecule has 0 aromatic heterocycles. The van der Waals surface area contributed by atoms with Crippen LogP contribution in [0.5, 0.6) is 5.75 Å². The Morgan fingerprint density at radius 2 is 2.00 bits per heavy atom. The Bertz CT molecular complexity index is 576. The fraction of sp³-hybridized carbons (Fsp3) is 0.538. The molecule has 0 saturated carbocycles. The average molecular weight is 336 g/mol. The van der Waals surface area contributed by atoms with E-state index < -0.39 is 10.0 Å². The van der Waals surface area contributed by atoms with E-state index in [2.05, 4.69) is 10.0 Å². The number of sulfonamides is 1. The summed E-state index contributed by atoms with van der Waals surface area (Å²) in [6.07, 6.45) is 0. The normalized spacial score (nSPS) is 11.9. The molecule has 2 N–H and O–H groups in total. The number of halogens is 1. The monoisotopic (exact) mass is 335 g/mol. The van der Waals surface area contributed by atoms with Gasteiger partial charge in [-0.2, -0.15) is 0 Å². The van der Waals surface area contributed by atoms with Crippen LogP contribution in [0.3, 0.4) is 0 Å². The van der Waals surface area contributed by atoms with Gasteiger partial charge in [0.15, 0.2) is 0 Å². The van der Waals surface area contributed by atoms with Gasteiger partial charge in [-0.3, -0.25) is 0 Å². The Morgan fingerprint density at radius 3 is 2.52 bits per heavy atom. The first-order valence-electron chi connectivity index (χ1n) is 6.47. The van der Waals surface area contributed by atoms with Crippen molar-refractivity contribution in [2.75, 3.05) is 41.3 Å². The van der Waals surface area contributed by atoms with E-state index in [9.17, 15) is 8.42 Å². The topological polar surface area (TPSA) is 70.7 Å². The van der Waals surface area contributed by atoms with Crippen LogP contribution in [0.25, 0.3) is 0 Å². The Hall–Kier alpha value is -0.860. The predicted molar refractivity (Wildman–Crippen MR) is 84.5 cm³/mol. The summed E-state index contributed by atoms with van der Waals surface area (Å²) in [4.78, 5) is 1.95. The van der Waals surface area contributed by atoms with Gasteiger partial charge in [-0.1, -0.05) is 11.6 Å². The zero-order valence-electron chi connectivity index (χ0n) is 12.7. The molecule has 120 valence electrons. The van der Waals surface area contributed by atoms with Gasteiger partial charge in [-0.25, -0.2) is 13.1 Å². The van der Waals surface area contributed by atoms with Crippen molar-refractivity contribution in [3.8, 4) is 5.75 Å². The maximum absolute atomic E-state index is 12.4. The highest BCUT2D eigenvalue weighted by atomic mass is 35.5. The second kappa shape index (κ2) is 7.95. The van der Waals surface area contributed by atoms with Crippen LogP contribution in [0.1, 0.15) is 5.56 Å². The Labute approximate surface area is 131 Å². The number of methoxy groups -OCH3 is 1. The van der Waals surface area contributed by atoms with Crippen molar-refractivity contribution >= 4 is 21.6 Å². The minimum atomic E-state index is -3.68. The number of likely N-dealkylation sites (N-methyl/N-ethyl adjacent to an activating group) is 1. The van der Waals surface area contributed by atoms with E-state index in [0.717, 1.165) is 0 Å². The Morgan fingerprint density at radius 1 is 1.33 bits per heavy atom. The summed E-state index contributed by atoms with van der Waals surface area (Å²) in [6.45, 7) is 1.38. The summed E-state index contributed by atoms with van der Waals surface area (Å²) in [6, 6.07) is 3.09. The molecule has 8 heteroatoms. The summed E-state index contributed by atoms with van der Waals surface area (Å²) >= 11 is 6.02. The second-order valence-electron chi connectivity index (χ2n) is 4.83. The van der Waals surface area contributed by atoms with Crippen LogP contribution in [0, 0.1) is 0 Å². The van der Waals surface area contributed by atoms with Crippen LogP contribution in [0.4, 0.5) is 0 Å². The van der Waals surface area contributed by atoms with Crippen LogP contribution in [0.2, 0.25) is 5.02 Å². The molecule has 0 unspecified atom stereocenters. The van der Waals surface area contributed by atoms with Gasteiger partial charge < -0.3 is 15.0 Å². The Balaban J connectivity index is 3.15. The van der Waals surface area contributed by atoms with E-state index in [1.54, 1.807) is 13.1 Å². The van der Waals surface area contributed by atoms with E-state index in [-0.39, 0.29) is 4.90 Å². The van der Waals surface area contributed by atoms with Crippen molar-refractivity contribution in [2.24, 2.45) is 0 Å². The van der Waals surface area contributed by atoms with Gasteiger partial charge in [0.05, 0.1) is 7.11 Å². The number of hydrogen-bond donors (Lipinski definition) is 2. The molecule has 21 heavy (non-hydrogen) atoms. The molecular weight excluding hydrogens is 314 g/mol. The number of benzene rings is 1. The van der Waals surface area contributed by atoms with Gasteiger partial charge in [0.1, 0.15) is 10.6 Å². The van der Waals surface area contributed by atoms with Crippen LogP contribution < -0.4 is 14.8 Å². The summed E-state index contributed by atoms with van der Waals surface area (Å²) in [7, 11) is 3.29. The van der Waals surface area contributed by atoms with Crippen molar-refractivity contribution in [1.82, 2.24) is 14.9 Å². The molecular formula is C13H22ClN3O3S. The average Bonchev–Trinajstić information content (AvgIpc) is 2.37. The van der Waals surface area contributed by atoms with Gasteiger partial charge in [0.2, 0.25) is 10.0 Å². The van der Waals surface area contributed by atoms with Crippen LogP contribution in [-0.2, 0) is 16.6 Å². The standard InChI is InChI=1S/C13H22ClN3O3S/c1-15-9-10-7-11(14)8-12(13(10)20-4)21(18,19)16-5-6-17(2)3/h7-8,15-16H,5-6,9H2,1-4H3. The highest BCUT2D eigenvalue weighted by molar-refractivity contribution is 7.89. The number of nitrogens with zero attached hydrogens (tertiary/aromatic N) is 1. The first kappa shape index (κ1) is 18.2. The lowest BCUT2D eigenvalue weighted by molar-refractivity contribution is 0.394. The van der Waals surface area contributed by atoms with Gasteiger partial charge >= 0.3 is 0 Å². The van der Waals surface area contributed by atoms with Gasteiger partial charge in [-0.15, -0.1) is 0 Å². The van der Waals surface area contributed by atoms with E-state index in [0.29, 0.717) is 36.0 Å². The molecule has 0 aliphatic heterocycles. The Kier molecular flexibility index (Phi) is 6.89. The summed E-state index contributed by atoms with van der Waals surface area (Å²) < 4.78 is 32.6. The lowest BCUT2D eigenvalue weighted by Crippen LogP contribution is -2.31. The molecule has 0 spiro atoms. The van der Waals surface area contributed by atoms with Crippen molar-refractivity contribution < 1.29 is 13.2 Å². The number of rotatable bonds is 8. The molecule has 0 amide bonds. The minimum absolute atomic E-state index is 0.0570. The van der Waals surface area contributed by atoms with Crippen LogP contribution in [-0.4, -0.2) is 54.7 Å². The third kappa shape index (κ3) is 5.12. The van der Waals surface area contributed by atoms with Crippen molar-refractivity contribution in [3.63, 3.8) is 0 Å². The smallest absolute Gasteiger partial charge is 0.244 e. The SMILES string of the molecule is CNCc1cc(Cl)cc(S(=O)(=O)NCCN(C)C)c1OC. The van der Waals surface area contributed by atoms with E-state index in [1.807, 2.05) is 19.0 Å². The zero-order valence-corrected chi connectivity index (χ0v) is 14.3. The number of nitrogens with one attached hydrogen (secondary N) is 2. The van der Waals surface area contributed by atoms with Crippen LogP contribution in [0.15, 0.2) is 17.0 Å². The summed E-state index contributed by atoms with van der Waals surface area (Å²) in [5.74, 6) is 0.311. The third-order valence-electron chi connectivity index (χ3n) is 2.81. The van der Waals surface area contributed by atoms with Gasteiger partial charge in [0, 0.05) is 30.2 Å². The first-order valence-corrected chi connectivity index (χ1v) is 8.33. The molecule has 6 nitrogen and oxygen atoms in total. The number of ether oxygens (including phenoxy) is 1. The van der Waals surface area contributed by atoms with Crippen molar-refractivity contribution in [3.05, 3.63) is 22.7 Å². The second-order valence-corrected chi connectivity index (χ2v) is 7.00. The fourth-order valence-electron chi connectivity index (χ4n) is 1.86. The molecule has 0 saturated heterocycles. The first-order chi connectivity index (χ1) is 9.81. The maximum atomic E-state index is 12.4. The van der Waals surface area contributed by atoms with E-state index in [1.165, 1.54) is 13.2 Å². The molecule has 0 bridgehead atoms. The third-order valence-corrected chi connectivity index (χ3v) is 4.49. The van der Waals surface area contributed by atoms with E-state index >= 15 is 0 Å². The van der Waals surface area contributed by atoms with Crippen molar-refractivity contribution in [1.29, 1.82) is 0 Å². The molecule has 0 radical (unpaired) electrons. The molecule has 1 aromatic carbocycles. The van der Waals surface area contributed by atoms with E-state index in [4.69, 9.17) is 16.3 Å². The molecule has 0 atom stereocenters. The molecule has 0 fully saturated rings. The van der Waals surface area contributed by atoms with Crippen molar-refractivity contribution in [2.45, 2.75) is 11.4 Å². The number of hydrogen-bond acceptors (Lipinski definition) is 5. The zero-order chi connectivity index (χ0) is 16.0. The highest BCUT2D eigenvalue weighted by Crippen LogP contribution is 2.31. The molecule has 1 aromatic rings. The lowest BCUT2D eigenvalue weighted by atomic mass is 10.2. The fourth-order valence-corrected chi connectivity index (χ4v) is 3.42. The molecule has 0 aliphatic rings. The van der Waals surface area contributed by atoms with Gasteiger partial charge in [-0.05, 0) is 33.3 Å². The maximum Gasteiger partial charge on any atom is 0.244 e. The molecule has 0 heterocycles. The van der Waals surface area contributed by atoms with Gasteiger partial charge in [0.25, 0.3) is 0 Å². The quantitative estimate of drug-likeness (QED) is 0.739. The minimum Gasteiger partial charge on any atom is -0.495 e. The molecule has 1 rings (SSSR count). The highest BCUT2D eigenvalue weighted by Gasteiger charge is 2.22. The summed E-state index contributed by atoms with van der Waals surface area (Å²) in [5, 5.41) is 3.32. The molecule has 0 aliphatic carbocycles. The lowest BCUT2D eigenvalue weighted by Gasteiger charge is -2.16.